The van der Waals surface area contributed by atoms with Gasteiger partial charge in [-0.15, -0.1) is 0 Å². The number of methoxy groups -OCH3 is 1. The number of ether oxygens (including phenoxy) is 1. The van der Waals surface area contributed by atoms with Gasteiger partial charge in [0.15, 0.2) is 0 Å². The minimum absolute atomic E-state index is 0.0383. The maximum atomic E-state index is 13.6. The maximum absolute atomic E-state index is 13.6. The first-order chi connectivity index (χ1) is 18.8. The quantitative estimate of drug-likeness (QED) is 0.270. The van der Waals surface area contributed by atoms with E-state index in [1.54, 1.807) is 19.2 Å². The van der Waals surface area contributed by atoms with Crippen LogP contribution in [0.2, 0.25) is 5.02 Å². The number of nitrogens with zero attached hydrogens (tertiary/aromatic N) is 4. The number of aromatic nitrogens is 3. The number of halogens is 2. The summed E-state index contributed by atoms with van der Waals surface area (Å²) in [7, 11) is 1.68. The Hall–Kier alpha value is -3.71. The molecule has 1 aliphatic heterocycles. The molecule has 0 unspecified atom stereocenters. The Kier molecular flexibility index (Phi) is 7.98. The standard InChI is InChI=1S/C31H32ClFN4O2/c1-20-14-23(4-9-27(20)32)28-19-37(26-7-5-24(33)6-8-26)30(35-28)17-31(38)36-12-10-22(11-13-36)15-25-16-29(39-3)21(2)18-34-25/h4-9,14,16,18-19,22H,10-13,15,17H2,1-3H3. The summed E-state index contributed by atoms with van der Waals surface area (Å²) in [5.41, 5.74) is 5.40. The maximum Gasteiger partial charge on any atom is 0.230 e. The highest BCUT2D eigenvalue weighted by Crippen LogP contribution is 2.28. The molecule has 0 saturated carbocycles. The summed E-state index contributed by atoms with van der Waals surface area (Å²) >= 11 is 6.23. The van der Waals surface area contributed by atoms with Gasteiger partial charge in [-0.1, -0.05) is 17.7 Å². The molecule has 0 N–H and O–H groups in total. The molecule has 2 aromatic heterocycles. The molecule has 202 valence electrons. The van der Waals surface area contributed by atoms with E-state index < -0.39 is 0 Å². The third-order valence-electron chi connectivity index (χ3n) is 7.44. The molecular weight excluding hydrogens is 515 g/mol. The summed E-state index contributed by atoms with van der Waals surface area (Å²) in [6, 6.07) is 14.0. The zero-order valence-corrected chi connectivity index (χ0v) is 23.2. The van der Waals surface area contributed by atoms with Crippen LogP contribution in [-0.2, 0) is 17.6 Å². The highest BCUT2D eigenvalue weighted by Gasteiger charge is 2.25. The van der Waals surface area contributed by atoms with Crippen LogP contribution < -0.4 is 4.74 Å². The number of piperidine rings is 1. The van der Waals surface area contributed by atoms with Crippen molar-refractivity contribution in [2.24, 2.45) is 5.92 Å². The SMILES string of the molecule is COc1cc(CC2CCN(C(=O)Cc3nc(-c4ccc(Cl)c(C)c4)cn3-c3ccc(F)cc3)CC2)ncc1C. The first-order valence-corrected chi connectivity index (χ1v) is 13.6. The highest BCUT2D eigenvalue weighted by atomic mass is 35.5. The lowest BCUT2D eigenvalue weighted by molar-refractivity contribution is -0.132. The molecule has 3 heterocycles. The summed E-state index contributed by atoms with van der Waals surface area (Å²) in [5, 5.41) is 0.688. The van der Waals surface area contributed by atoms with E-state index in [1.807, 2.05) is 60.0 Å². The fourth-order valence-electron chi connectivity index (χ4n) is 5.12. The van der Waals surface area contributed by atoms with Gasteiger partial charge in [0.1, 0.15) is 17.4 Å². The van der Waals surface area contributed by atoms with Gasteiger partial charge < -0.3 is 14.2 Å². The van der Waals surface area contributed by atoms with E-state index >= 15 is 0 Å². The number of hydrogen-bond donors (Lipinski definition) is 0. The molecule has 2 aromatic carbocycles. The first-order valence-electron chi connectivity index (χ1n) is 13.2. The van der Waals surface area contributed by atoms with Gasteiger partial charge in [0.2, 0.25) is 5.91 Å². The van der Waals surface area contributed by atoms with Crippen LogP contribution in [0.3, 0.4) is 0 Å². The largest absolute Gasteiger partial charge is 0.496 e. The fourth-order valence-corrected chi connectivity index (χ4v) is 5.24. The average Bonchev–Trinajstić information content (AvgIpc) is 3.35. The molecule has 1 aliphatic rings. The minimum Gasteiger partial charge on any atom is -0.496 e. The third kappa shape index (κ3) is 6.14. The Bertz CT molecular complexity index is 1480. The molecule has 8 heteroatoms. The van der Waals surface area contributed by atoms with Crippen molar-refractivity contribution in [3.63, 3.8) is 0 Å². The summed E-state index contributed by atoms with van der Waals surface area (Å²) in [6.07, 6.45) is 6.63. The van der Waals surface area contributed by atoms with E-state index in [0.717, 1.165) is 58.8 Å². The van der Waals surface area contributed by atoms with Crippen LogP contribution in [0.4, 0.5) is 4.39 Å². The number of amides is 1. The van der Waals surface area contributed by atoms with Gasteiger partial charge in [-0.3, -0.25) is 9.78 Å². The Morgan fingerprint density at radius 2 is 1.82 bits per heavy atom. The van der Waals surface area contributed by atoms with Crippen LogP contribution in [0.5, 0.6) is 5.75 Å². The summed E-state index contributed by atoms with van der Waals surface area (Å²) < 4.78 is 20.9. The van der Waals surface area contributed by atoms with Crippen LogP contribution >= 0.6 is 11.6 Å². The van der Waals surface area contributed by atoms with E-state index in [0.29, 0.717) is 29.9 Å². The number of rotatable bonds is 7. The lowest BCUT2D eigenvalue weighted by Gasteiger charge is -2.32. The molecule has 39 heavy (non-hydrogen) atoms. The second-order valence-corrected chi connectivity index (χ2v) is 10.6. The van der Waals surface area contributed by atoms with Gasteiger partial charge >= 0.3 is 0 Å². The average molecular weight is 547 g/mol. The Balaban J connectivity index is 1.30. The molecule has 0 atom stereocenters. The van der Waals surface area contributed by atoms with Crippen molar-refractivity contribution < 1.29 is 13.9 Å². The normalized spacial score (nSPS) is 14.0. The second kappa shape index (κ2) is 11.6. The van der Waals surface area contributed by atoms with Gasteiger partial charge in [0.25, 0.3) is 0 Å². The van der Waals surface area contributed by atoms with Crippen LogP contribution in [0.15, 0.2) is 60.9 Å². The van der Waals surface area contributed by atoms with Crippen molar-refractivity contribution >= 4 is 17.5 Å². The molecule has 0 aliphatic carbocycles. The monoisotopic (exact) mass is 546 g/mol. The fraction of sp³-hybridized carbons (Fsp3) is 0.323. The van der Waals surface area contributed by atoms with Gasteiger partial charge in [-0.2, -0.15) is 0 Å². The smallest absolute Gasteiger partial charge is 0.230 e. The number of benzene rings is 2. The first kappa shape index (κ1) is 26.9. The van der Waals surface area contributed by atoms with Crippen LogP contribution in [-0.4, -0.2) is 45.5 Å². The number of imidazole rings is 1. The zero-order valence-electron chi connectivity index (χ0n) is 22.5. The minimum atomic E-state index is -0.313. The number of hydrogen-bond acceptors (Lipinski definition) is 4. The highest BCUT2D eigenvalue weighted by molar-refractivity contribution is 6.31. The van der Waals surface area contributed by atoms with Gasteiger partial charge in [-0.25, -0.2) is 9.37 Å². The molecule has 0 spiro atoms. The summed E-state index contributed by atoms with van der Waals surface area (Å²) in [4.78, 5) is 24.7. The van der Waals surface area contributed by atoms with Crippen molar-refractivity contribution in [2.75, 3.05) is 20.2 Å². The van der Waals surface area contributed by atoms with E-state index in [4.69, 9.17) is 21.3 Å². The van der Waals surface area contributed by atoms with Crippen molar-refractivity contribution in [1.29, 1.82) is 0 Å². The predicted octanol–water partition coefficient (Wildman–Crippen LogP) is 6.38. The van der Waals surface area contributed by atoms with E-state index in [-0.39, 0.29) is 18.1 Å². The van der Waals surface area contributed by atoms with Crippen molar-refractivity contribution in [3.05, 3.63) is 94.4 Å². The van der Waals surface area contributed by atoms with Crippen LogP contribution in [0, 0.1) is 25.6 Å². The Morgan fingerprint density at radius 3 is 2.51 bits per heavy atom. The molecule has 0 bridgehead atoms. The number of carbonyl (C=O) groups is 1. The van der Waals surface area contributed by atoms with Crippen LogP contribution in [0.25, 0.3) is 16.9 Å². The third-order valence-corrected chi connectivity index (χ3v) is 7.87. The Labute approximate surface area is 233 Å². The molecule has 1 amide bonds. The van der Waals surface area contributed by atoms with Crippen molar-refractivity contribution in [1.82, 2.24) is 19.4 Å². The number of likely N-dealkylation sites (tertiary alicyclic amines) is 1. The lowest BCUT2D eigenvalue weighted by atomic mass is 9.91. The lowest BCUT2D eigenvalue weighted by Crippen LogP contribution is -2.40. The molecule has 5 rings (SSSR count). The topological polar surface area (TPSA) is 60.2 Å². The molecule has 0 radical (unpaired) electrons. The molecule has 4 aromatic rings. The summed E-state index contributed by atoms with van der Waals surface area (Å²) in [6.45, 7) is 5.34. The Morgan fingerprint density at radius 1 is 1.08 bits per heavy atom. The summed E-state index contributed by atoms with van der Waals surface area (Å²) in [5.74, 6) is 1.67. The molecule has 1 saturated heterocycles. The van der Waals surface area contributed by atoms with Gasteiger partial charge in [0.05, 0.1) is 19.2 Å². The van der Waals surface area contributed by atoms with E-state index in [2.05, 4.69) is 4.98 Å². The number of pyridine rings is 1. The van der Waals surface area contributed by atoms with Gasteiger partial charge in [0, 0.05) is 59.1 Å². The van der Waals surface area contributed by atoms with E-state index in [1.165, 1.54) is 12.1 Å². The number of carbonyl (C=O) groups excluding carboxylic acids is 1. The molecular formula is C31H32ClFN4O2. The molecule has 6 nitrogen and oxygen atoms in total. The predicted molar refractivity (Wildman–Crippen MR) is 151 cm³/mol. The van der Waals surface area contributed by atoms with Gasteiger partial charge in [-0.05, 0) is 81.0 Å². The van der Waals surface area contributed by atoms with Crippen LogP contribution in [0.1, 0.15) is 35.5 Å². The molecule has 1 fully saturated rings. The van der Waals surface area contributed by atoms with Crippen molar-refractivity contribution in [2.45, 2.75) is 39.5 Å². The van der Waals surface area contributed by atoms with Crippen molar-refractivity contribution in [3.8, 4) is 22.7 Å². The second-order valence-electron chi connectivity index (χ2n) is 10.2. The zero-order chi connectivity index (χ0) is 27.5. The van der Waals surface area contributed by atoms with E-state index in [9.17, 15) is 9.18 Å². The number of aryl methyl sites for hydroxylation is 2.